The van der Waals surface area contributed by atoms with E-state index in [1.807, 2.05) is 6.07 Å². The summed E-state index contributed by atoms with van der Waals surface area (Å²) in [5.41, 5.74) is 2.24. The van der Waals surface area contributed by atoms with E-state index in [4.69, 9.17) is 21.1 Å². The second kappa shape index (κ2) is 8.14. The molecule has 1 amide bonds. The highest BCUT2D eigenvalue weighted by Gasteiger charge is 2.34. The van der Waals surface area contributed by atoms with Crippen LogP contribution in [0.4, 0.5) is 0 Å². The molecule has 0 aliphatic carbocycles. The van der Waals surface area contributed by atoms with Gasteiger partial charge in [0, 0.05) is 23.7 Å². The molecule has 2 aliphatic rings. The van der Waals surface area contributed by atoms with Gasteiger partial charge in [-0.15, -0.1) is 0 Å². The van der Waals surface area contributed by atoms with Crippen molar-refractivity contribution in [3.63, 3.8) is 0 Å². The fourth-order valence-corrected chi connectivity index (χ4v) is 6.19. The first-order chi connectivity index (χ1) is 15.4. The number of aromatic nitrogens is 2. The van der Waals surface area contributed by atoms with E-state index >= 15 is 0 Å². The van der Waals surface area contributed by atoms with Crippen molar-refractivity contribution in [2.24, 2.45) is 0 Å². The zero-order valence-electron chi connectivity index (χ0n) is 17.0. The molecule has 10 heteroatoms. The smallest absolute Gasteiger partial charge is 0.271 e. The molecule has 1 atom stereocenters. The number of nitrogens with zero attached hydrogens (tertiary/aromatic N) is 2. The Balaban J connectivity index is 1.35. The Hall–Kier alpha value is -3.04. The van der Waals surface area contributed by atoms with Gasteiger partial charge in [0.25, 0.3) is 5.91 Å². The highest BCUT2D eigenvalue weighted by Crippen LogP contribution is 2.36. The first-order valence-corrected chi connectivity index (χ1v) is 12.2. The van der Waals surface area contributed by atoms with Gasteiger partial charge < -0.3 is 14.4 Å². The Morgan fingerprint density at radius 2 is 1.91 bits per heavy atom. The van der Waals surface area contributed by atoms with Gasteiger partial charge in [-0.3, -0.25) is 9.89 Å². The fraction of sp³-hybridized carbons (Fsp3) is 0.273. The van der Waals surface area contributed by atoms with Crippen molar-refractivity contribution in [2.45, 2.75) is 11.7 Å². The highest BCUT2D eigenvalue weighted by molar-refractivity contribution is 7.91. The molecule has 3 heterocycles. The van der Waals surface area contributed by atoms with Crippen LogP contribution in [-0.2, 0) is 9.84 Å². The lowest BCUT2D eigenvalue weighted by molar-refractivity contribution is 0.0760. The van der Waals surface area contributed by atoms with Crippen molar-refractivity contribution >= 4 is 27.3 Å². The molecule has 3 aromatic rings. The predicted octanol–water partition coefficient (Wildman–Crippen LogP) is 3.46. The maximum atomic E-state index is 13.1. The van der Waals surface area contributed by atoms with Crippen molar-refractivity contribution in [1.29, 1.82) is 0 Å². The molecule has 0 saturated carbocycles. The molecule has 166 valence electrons. The lowest BCUT2D eigenvalue weighted by atomic mass is 10.1. The quantitative estimate of drug-likeness (QED) is 0.625. The summed E-state index contributed by atoms with van der Waals surface area (Å²) < 4.78 is 36.5. The number of fused-ring (bicyclic) bond motifs is 1. The van der Waals surface area contributed by atoms with Crippen LogP contribution in [0.1, 0.15) is 27.7 Å². The van der Waals surface area contributed by atoms with Crippen molar-refractivity contribution in [3.05, 3.63) is 64.8 Å². The third-order valence-electron chi connectivity index (χ3n) is 5.76. The first-order valence-electron chi connectivity index (χ1n) is 10.1. The third kappa shape index (κ3) is 3.82. The number of carbonyl (C=O) groups excluding carboxylic acids is 1. The molecule has 0 spiro atoms. The average Bonchev–Trinajstić information content (AvgIpc) is 3.42. The normalized spacial score (nSPS) is 19.5. The number of hydrogen-bond donors (Lipinski definition) is 1. The molecular formula is C22H20ClN3O5S. The van der Waals surface area contributed by atoms with E-state index in [0.717, 1.165) is 5.56 Å². The number of H-pyrrole nitrogens is 1. The summed E-state index contributed by atoms with van der Waals surface area (Å²) in [4.78, 5) is 14.6. The predicted molar refractivity (Wildman–Crippen MR) is 119 cm³/mol. The van der Waals surface area contributed by atoms with Crippen LogP contribution in [0.2, 0.25) is 5.02 Å². The Bertz CT molecular complexity index is 1290. The zero-order valence-corrected chi connectivity index (χ0v) is 18.5. The Kier molecular flexibility index (Phi) is 5.30. The van der Waals surface area contributed by atoms with E-state index in [9.17, 15) is 13.2 Å². The number of aromatic amines is 1. The summed E-state index contributed by atoms with van der Waals surface area (Å²) in [7, 11) is -3.46. The van der Waals surface area contributed by atoms with Gasteiger partial charge in [-0.05, 0) is 42.3 Å². The van der Waals surface area contributed by atoms with Gasteiger partial charge in [0.2, 0.25) is 6.79 Å². The van der Waals surface area contributed by atoms with Crippen molar-refractivity contribution in [1.82, 2.24) is 15.1 Å². The number of rotatable bonds is 3. The lowest BCUT2D eigenvalue weighted by Gasteiger charge is -2.19. The number of amides is 1. The number of hydrogen-bond acceptors (Lipinski definition) is 6. The van der Waals surface area contributed by atoms with Gasteiger partial charge in [0.15, 0.2) is 21.3 Å². The molecule has 1 saturated heterocycles. The van der Waals surface area contributed by atoms with Crippen molar-refractivity contribution in [2.75, 3.05) is 25.6 Å². The van der Waals surface area contributed by atoms with Crippen molar-refractivity contribution < 1.29 is 22.7 Å². The van der Waals surface area contributed by atoms with E-state index in [1.54, 1.807) is 47.4 Å². The molecule has 1 unspecified atom stereocenters. The summed E-state index contributed by atoms with van der Waals surface area (Å²) >= 11 is 6.25. The molecule has 5 rings (SSSR count). The minimum atomic E-state index is -3.46. The number of nitrogens with one attached hydrogen (secondary N) is 1. The van der Waals surface area contributed by atoms with Crippen LogP contribution in [-0.4, -0.2) is 55.1 Å². The fourth-order valence-electron chi connectivity index (χ4n) is 4.04. The van der Waals surface area contributed by atoms with Gasteiger partial charge in [-0.25, -0.2) is 8.42 Å². The second-order valence-electron chi connectivity index (χ2n) is 7.69. The maximum Gasteiger partial charge on any atom is 0.271 e. The van der Waals surface area contributed by atoms with Crippen molar-refractivity contribution in [3.8, 4) is 22.8 Å². The molecular weight excluding hydrogens is 454 g/mol. The largest absolute Gasteiger partial charge is 0.454 e. The maximum absolute atomic E-state index is 13.1. The molecule has 32 heavy (non-hydrogen) atoms. The van der Waals surface area contributed by atoms with Crippen LogP contribution >= 0.6 is 11.6 Å². The molecule has 0 radical (unpaired) electrons. The minimum Gasteiger partial charge on any atom is -0.454 e. The lowest BCUT2D eigenvalue weighted by Crippen LogP contribution is -2.33. The van der Waals surface area contributed by atoms with E-state index in [-0.39, 0.29) is 31.4 Å². The molecule has 1 aromatic heterocycles. The third-order valence-corrected chi connectivity index (χ3v) is 8.21. The number of sulfone groups is 1. The summed E-state index contributed by atoms with van der Waals surface area (Å²) in [5.74, 6) is 0.873. The van der Waals surface area contributed by atoms with Gasteiger partial charge in [-0.1, -0.05) is 29.8 Å². The zero-order chi connectivity index (χ0) is 22.3. The molecule has 8 nitrogen and oxygen atoms in total. The van der Waals surface area contributed by atoms with Crippen LogP contribution in [0.3, 0.4) is 0 Å². The van der Waals surface area contributed by atoms with E-state index in [1.165, 1.54) is 0 Å². The van der Waals surface area contributed by atoms with Crippen LogP contribution in [0.5, 0.6) is 11.5 Å². The molecule has 2 aromatic carbocycles. The molecule has 1 N–H and O–H groups in total. The standard InChI is InChI=1S/C22H20ClN3O5S/c23-16-4-2-1-3-15(16)21-7-8-26(9-10-32(21,28)29)22(27)18-12-17(24-25-18)14-5-6-19-20(11-14)31-13-30-19/h1-6,11-12,21H,7-10,13H2,(H,24,25). The summed E-state index contributed by atoms with van der Waals surface area (Å²) in [5, 5.41) is 6.71. The molecule has 2 aliphatic heterocycles. The Labute approximate surface area is 190 Å². The van der Waals surface area contributed by atoms with Gasteiger partial charge >= 0.3 is 0 Å². The summed E-state index contributed by atoms with van der Waals surface area (Å²) in [6, 6.07) is 14.0. The molecule has 1 fully saturated rings. The van der Waals surface area contributed by atoms with Gasteiger partial charge in [-0.2, -0.15) is 5.10 Å². The van der Waals surface area contributed by atoms with E-state index < -0.39 is 15.1 Å². The number of benzene rings is 2. The second-order valence-corrected chi connectivity index (χ2v) is 10.4. The van der Waals surface area contributed by atoms with E-state index in [2.05, 4.69) is 10.2 Å². The summed E-state index contributed by atoms with van der Waals surface area (Å²) in [6.07, 6.45) is 0.279. The first kappa shape index (κ1) is 20.8. The monoisotopic (exact) mass is 473 g/mol. The average molecular weight is 474 g/mol. The van der Waals surface area contributed by atoms with Crippen LogP contribution < -0.4 is 9.47 Å². The van der Waals surface area contributed by atoms with Crippen LogP contribution in [0.25, 0.3) is 11.3 Å². The number of ether oxygens (including phenoxy) is 2. The highest BCUT2D eigenvalue weighted by atomic mass is 35.5. The van der Waals surface area contributed by atoms with Gasteiger partial charge in [0.05, 0.1) is 16.7 Å². The Morgan fingerprint density at radius 3 is 2.75 bits per heavy atom. The number of carbonyl (C=O) groups is 1. The van der Waals surface area contributed by atoms with Crippen LogP contribution in [0, 0.1) is 0 Å². The summed E-state index contributed by atoms with van der Waals surface area (Å²) in [6.45, 7) is 0.586. The SMILES string of the molecule is O=C(c1cc(-c2ccc3c(c2)OCO3)n[nH]1)N1CCC(c2ccccc2Cl)S(=O)(=O)CC1. The van der Waals surface area contributed by atoms with Crippen LogP contribution in [0.15, 0.2) is 48.5 Å². The Morgan fingerprint density at radius 1 is 1.09 bits per heavy atom. The number of halogens is 1. The topological polar surface area (TPSA) is 102 Å². The van der Waals surface area contributed by atoms with Gasteiger partial charge in [0.1, 0.15) is 5.69 Å². The molecule has 0 bridgehead atoms. The van der Waals surface area contributed by atoms with E-state index in [0.29, 0.717) is 40.0 Å². The minimum absolute atomic E-state index is 0.112.